The number of hydrogen-bond acceptors (Lipinski definition) is 6. The Morgan fingerprint density at radius 1 is 1.19 bits per heavy atom. The Morgan fingerprint density at radius 3 is 2.59 bits per heavy atom. The molecule has 1 aliphatic heterocycles. The van der Waals surface area contributed by atoms with Crippen LogP contribution in [0.2, 0.25) is 0 Å². The Kier molecular flexibility index (Phi) is 5.66. The number of rotatable bonds is 6. The molecule has 2 heterocycles. The van der Waals surface area contributed by atoms with Crippen LogP contribution in [0.3, 0.4) is 0 Å². The number of carbonyl (C=O) groups is 3. The minimum absolute atomic E-state index is 0.195. The third-order valence-electron chi connectivity index (χ3n) is 3.88. The number of carbonyl (C=O) groups excluding carboxylic acids is 3. The van der Waals surface area contributed by atoms with Crippen molar-refractivity contribution in [3.8, 4) is 11.4 Å². The van der Waals surface area contributed by atoms with Gasteiger partial charge in [0, 0.05) is 17.6 Å². The summed E-state index contributed by atoms with van der Waals surface area (Å²) in [5, 5.41) is -0.484. The Morgan fingerprint density at radius 2 is 1.93 bits per heavy atom. The van der Waals surface area contributed by atoms with Gasteiger partial charge < -0.3 is 14.0 Å². The Hall–Kier alpha value is -3.00. The third-order valence-corrected chi connectivity index (χ3v) is 4.78. The summed E-state index contributed by atoms with van der Waals surface area (Å²) in [5.74, 6) is -0.365. The molecule has 0 radical (unpaired) electrons. The zero-order valence-corrected chi connectivity index (χ0v) is 15.7. The lowest BCUT2D eigenvalue weighted by Crippen LogP contribution is -2.34. The molecule has 0 saturated carbocycles. The highest BCUT2D eigenvalue weighted by atomic mass is 32.2. The van der Waals surface area contributed by atoms with E-state index in [2.05, 4.69) is 0 Å². The molecule has 0 spiro atoms. The molecule has 0 bridgehead atoms. The smallest absolute Gasteiger partial charge is 0.326 e. The number of ether oxygens (including phenoxy) is 2. The molecule has 0 atom stereocenters. The van der Waals surface area contributed by atoms with Crippen molar-refractivity contribution in [1.29, 1.82) is 0 Å². The van der Waals surface area contributed by atoms with Gasteiger partial charge in [0.15, 0.2) is 0 Å². The molecular weight excluding hydrogens is 368 g/mol. The van der Waals surface area contributed by atoms with Crippen LogP contribution in [0, 0.1) is 0 Å². The van der Waals surface area contributed by atoms with Crippen molar-refractivity contribution in [2.75, 3.05) is 20.3 Å². The second-order valence-electron chi connectivity index (χ2n) is 5.57. The molecule has 7 nitrogen and oxygen atoms in total. The van der Waals surface area contributed by atoms with Gasteiger partial charge in [-0.15, -0.1) is 0 Å². The summed E-state index contributed by atoms with van der Waals surface area (Å²) in [6, 6.07) is 11.1. The van der Waals surface area contributed by atoms with Crippen molar-refractivity contribution in [3.05, 3.63) is 53.2 Å². The largest absolute Gasteiger partial charge is 0.497 e. The lowest BCUT2D eigenvalue weighted by atomic mass is 10.3. The van der Waals surface area contributed by atoms with E-state index in [1.54, 1.807) is 20.1 Å². The van der Waals surface area contributed by atoms with E-state index < -0.39 is 17.1 Å². The van der Waals surface area contributed by atoms with Gasteiger partial charge in [-0.05, 0) is 61.2 Å². The van der Waals surface area contributed by atoms with Crippen molar-refractivity contribution in [2.45, 2.75) is 6.92 Å². The summed E-state index contributed by atoms with van der Waals surface area (Å²) in [4.78, 5) is 37.3. The molecular formula is C19H18N2O5S. The highest BCUT2D eigenvalue weighted by molar-refractivity contribution is 8.18. The molecule has 1 aliphatic rings. The second-order valence-corrected chi connectivity index (χ2v) is 6.57. The number of methoxy groups -OCH3 is 1. The Bertz CT molecular complexity index is 901. The average molecular weight is 386 g/mol. The van der Waals surface area contributed by atoms with Gasteiger partial charge in [0.1, 0.15) is 12.3 Å². The average Bonchev–Trinajstić information content (AvgIpc) is 3.22. The fourth-order valence-electron chi connectivity index (χ4n) is 2.60. The van der Waals surface area contributed by atoms with Crippen molar-refractivity contribution in [3.63, 3.8) is 0 Å². The summed E-state index contributed by atoms with van der Waals surface area (Å²) < 4.78 is 11.9. The molecule has 0 N–H and O–H groups in total. The third kappa shape index (κ3) is 4.06. The number of hydrogen-bond donors (Lipinski definition) is 0. The van der Waals surface area contributed by atoms with Gasteiger partial charge in [-0.2, -0.15) is 0 Å². The summed E-state index contributed by atoms with van der Waals surface area (Å²) in [7, 11) is 1.60. The molecule has 8 heteroatoms. The maximum atomic E-state index is 12.5. The molecule has 140 valence electrons. The predicted molar refractivity (Wildman–Crippen MR) is 102 cm³/mol. The number of aromatic nitrogens is 1. The number of esters is 1. The fraction of sp³-hybridized carbons (Fsp3) is 0.211. The van der Waals surface area contributed by atoms with Gasteiger partial charge in [-0.3, -0.25) is 19.3 Å². The molecule has 1 aromatic carbocycles. The Labute approximate surface area is 160 Å². The van der Waals surface area contributed by atoms with Gasteiger partial charge >= 0.3 is 5.97 Å². The molecule has 0 unspecified atom stereocenters. The molecule has 1 aromatic heterocycles. The highest BCUT2D eigenvalue weighted by Crippen LogP contribution is 2.32. The van der Waals surface area contributed by atoms with Gasteiger partial charge in [0.05, 0.1) is 18.6 Å². The lowest BCUT2D eigenvalue weighted by Gasteiger charge is -2.11. The lowest BCUT2D eigenvalue weighted by molar-refractivity contribution is -0.145. The van der Waals surface area contributed by atoms with E-state index in [1.807, 2.05) is 47.2 Å². The van der Waals surface area contributed by atoms with Crippen molar-refractivity contribution in [2.24, 2.45) is 0 Å². The maximum absolute atomic E-state index is 12.5. The van der Waals surface area contributed by atoms with Crippen LogP contribution in [0.25, 0.3) is 11.8 Å². The fourth-order valence-corrected chi connectivity index (χ4v) is 3.42. The van der Waals surface area contributed by atoms with Gasteiger partial charge in [-0.25, -0.2) is 0 Å². The number of amides is 2. The predicted octanol–water partition coefficient (Wildman–Crippen LogP) is 3.09. The van der Waals surface area contributed by atoms with Crippen LogP contribution >= 0.6 is 11.8 Å². The van der Waals surface area contributed by atoms with E-state index in [0.717, 1.165) is 33.8 Å². The van der Waals surface area contributed by atoms with E-state index in [9.17, 15) is 14.4 Å². The number of imide groups is 1. The van der Waals surface area contributed by atoms with E-state index in [4.69, 9.17) is 9.47 Å². The van der Waals surface area contributed by atoms with Crippen LogP contribution < -0.4 is 4.74 Å². The minimum Gasteiger partial charge on any atom is -0.497 e. The first-order valence-corrected chi connectivity index (χ1v) is 9.08. The standard InChI is InChI=1S/C19H18N2O5S/c1-3-26-17(22)12-21-18(23)16(27-19(21)24)11-14-5-4-10-20(14)13-6-8-15(25-2)9-7-13/h4-11H,3,12H2,1-2H3/b16-11-. The van der Waals surface area contributed by atoms with Crippen LogP contribution in [0.5, 0.6) is 5.75 Å². The van der Waals surface area contributed by atoms with E-state index in [0.29, 0.717) is 0 Å². The quantitative estimate of drug-likeness (QED) is 0.561. The summed E-state index contributed by atoms with van der Waals surface area (Å²) >= 11 is 0.807. The summed E-state index contributed by atoms with van der Waals surface area (Å²) in [6.07, 6.45) is 3.50. The molecule has 27 heavy (non-hydrogen) atoms. The SMILES string of the molecule is CCOC(=O)CN1C(=O)S/C(=C\c2cccn2-c2ccc(OC)cc2)C1=O. The van der Waals surface area contributed by atoms with Crippen molar-refractivity contribution < 1.29 is 23.9 Å². The van der Waals surface area contributed by atoms with Gasteiger partial charge in [0.2, 0.25) is 0 Å². The second kappa shape index (κ2) is 8.13. The van der Waals surface area contributed by atoms with Crippen LogP contribution in [-0.2, 0) is 14.3 Å². The summed E-state index contributed by atoms with van der Waals surface area (Å²) in [5.41, 5.74) is 1.62. The van der Waals surface area contributed by atoms with Crippen molar-refractivity contribution in [1.82, 2.24) is 9.47 Å². The first kappa shape index (κ1) is 18.8. The normalized spacial score (nSPS) is 15.5. The van der Waals surface area contributed by atoms with Crippen molar-refractivity contribution >= 4 is 35.0 Å². The Balaban J connectivity index is 1.83. The zero-order chi connectivity index (χ0) is 19.4. The zero-order valence-electron chi connectivity index (χ0n) is 14.9. The number of benzene rings is 1. The topological polar surface area (TPSA) is 77.8 Å². The first-order chi connectivity index (χ1) is 13.0. The monoisotopic (exact) mass is 386 g/mol. The highest BCUT2D eigenvalue weighted by Gasteiger charge is 2.36. The maximum Gasteiger partial charge on any atom is 0.326 e. The first-order valence-electron chi connectivity index (χ1n) is 8.26. The van der Waals surface area contributed by atoms with Crippen LogP contribution in [0.15, 0.2) is 47.5 Å². The molecule has 1 saturated heterocycles. The minimum atomic E-state index is -0.609. The van der Waals surface area contributed by atoms with E-state index >= 15 is 0 Å². The van der Waals surface area contributed by atoms with Gasteiger partial charge in [-0.1, -0.05) is 0 Å². The number of nitrogens with zero attached hydrogens (tertiary/aromatic N) is 2. The molecule has 1 fully saturated rings. The van der Waals surface area contributed by atoms with Crippen LogP contribution in [-0.4, -0.2) is 46.8 Å². The van der Waals surface area contributed by atoms with E-state index in [1.165, 1.54) is 0 Å². The van der Waals surface area contributed by atoms with E-state index in [-0.39, 0.29) is 18.1 Å². The summed E-state index contributed by atoms with van der Waals surface area (Å²) in [6.45, 7) is 1.48. The molecule has 2 aromatic rings. The molecule has 3 rings (SSSR count). The molecule has 2 amide bonds. The van der Waals surface area contributed by atoms with Crippen LogP contribution in [0.4, 0.5) is 4.79 Å². The van der Waals surface area contributed by atoms with Gasteiger partial charge in [0.25, 0.3) is 11.1 Å². The van der Waals surface area contributed by atoms with Crippen LogP contribution in [0.1, 0.15) is 12.6 Å². The molecule has 0 aliphatic carbocycles. The number of thioether (sulfide) groups is 1.